The lowest BCUT2D eigenvalue weighted by molar-refractivity contribution is -0.138. The van der Waals surface area contributed by atoms with Gasteiger partial charge in [0, 0.05) is 5.56 Å². The highest BCUT2D eigenvalue weighted by molar-refractivity contribution is 5.77. The van der Waals surface area contributed by atoms with Crippen molar-refractivity contribution in [1.82, 2.24) is 0 Å². The zero-order chi connectivity index (χ0) is 16.1. The number of carboxylic acids is 1. The minimum atomic E-state index is -1.24. The SMILES string of the molecule is COc1cccc([C@H](N)C(=O)O)c1OCc1cccc(F)c1. The van der Waals surface area contributed by atoms with Crippen molar-refractivity contribution >= 4 is 5.97 Å². The molecule has 0 unspecified atom stereocenters. The average molecular weight is 305 g/mol. The lowest BCUT2D eigenvalue weighted by atomic mass is 10.1. The first-order valence-corrected chi connectivity index (χ1v) is 6.55. The second-order valence-corrected chi connectivity index (χ2v) is 4.61. The van der Waals surface area contributed by atoms with Crippen LogP contribution in [0.4, 0.5) is 4.39 Å². The van der Waals surface area contributed by atoms with Gasteiger partial charge in [0.1, 0.15) is 18.5 Å². The zero-order valence-corrected chi connectivity index (χ0v) is 12.0. The van der Waals surface area contributed by atoms with Gasteiger partial charge in [0.2, 0.25) is 0 Å². The highest BCUT2D eigenvalue weighted by Crippen LogP contribution is 2.34. The minimum Gasteiger partial charge on any atom is -0.493 e. The fourth-order valence-corrected chi connectivity index (χ4v) is 2.01. The second-order valence-electron chi connectivity index (χ2n) is 4.61. The molecule has 0 aliphatic heterocycles. The lowest BCUT2D eigenvalue weighted by Crippen LogP contribution is -2.21. The van der Waals surface area contributed by atoms with Gasteiger partial charge in [0.15, 0.2) is 11.5 Å². The third-order valence-electron chi connectivity index (χ3n) is 3.10. The molecule has 0 amide bonds. The summed E-state index contributed by atoms with van der Waals surface area (Å²) in [6, 6.07) is 9.53. The van der Waals surface area contributed by atoms with Crippen LogP contribution in [0.1, 0.15) is 17.2 Å². The molecular formula is C16H16FNO4. The molecule has 116 valence electrons. The van der Waals surface area contributed by atoms with E-state index >= 15 is 0 Å². The van der Waals surface area contributed by atoms with Crippen molar-refractivity contribution < 1.29 is 23.8 Å². The van der Waals surface area contributed by atoms with E-state index in [0.717, 1.165) is 0 Å². The van der Waals surface area contributed by atoms with Gasteiger partial charge in [-0.15, -0.1) is 0 Å². The molecule has 0 aromatic heterocycles. The molecule has 0 spiro atoms. The molecule has 0 saturated heterocycles. The number of hydrogen-bond acceptors (Lipinski definition) is 4. The molecule has 6 heteroatoms. The molecule has 2 aromatic rings. The van der Waals surface area contributed by atoms with Crippen molar-refractivity contribution in [2.75, 3.05) is 7.11 Å². The molecule has 22 heavy (non-hydrogen) atoms. The predicted octanol–water partition coefficient (Wildman–Crippen LogP) is 2.50. The maximum absolute atomic E-state index is 13.2. The van der Waals surface area contributed by atoms with Crippen molar-refractivity contribution in [3.63, 3.8) is 0 Å². The number of methoxy groups -OCH3 is 1. The summed E-state index contributed by atoms with van der Waals surface area (Å²) >= 11 is 0. The van der Waals surface area contributed by atoms with Crippen molar-refractivity contribution in [2.24, 2.45) is 5.73 Å². The first-order valence-electron chi connectivity index (χ1n) is 6.55. The molecule has 3 N–H and O–H groups in total. The Morgan fingerprint density at radius 1 is 1.32 bits per heavy atom. The van der Waals surface area contributed by atoms with Gasteiger partial charge in [-0.1, -0.05) is 24.3 Å². The zero-order valence-electron chi connectivity index (χ0n) is 12.0. The topological polar surface area (TPSA) is 81.8 Å². The number of carboxylic acid groups (broad SMARTS) is 1. The first-order chi connectivity index (χ1) is 10.5. The summed E-state index contributed by atoms with van der Waals surface area (Å²) in [4.78, 5) is 11.1. The standard InChI is InChI=1S/C16H16FNO4/c1-21-13-7-3-6-12(14(18)16(19)20)15(13)22-9-10-4-2-5-11(17)8-10/h2-8,14H,9,18H2,1H3,(H,19,20)/t14-/m0/s1. The molecule has 0 bridgehead atoms. The number of hydrogen-bond donors (Lipinski definition) is 2. The van der Waals surface area contributed by atoms with E-state index in [1.54, 1.807) is 30.3 Å². The highest BCUT2D eigenvalue weighted by atomic mass is 19.1. The van der Waals surface area contributed by atoms with Crippen LogP contribution < -0.4 is 15.2 Å². The largest absolute Gasteiger partial charge is 0.493 e. The van der Waals surface area contributed by atoms with Crippen molar-refractivity contribution in [1.29, 1.82) is 0 Å². The van der Waals surface area contributed by atoms with Crippen LogP contribution in [0.5, 0.6) is 11.5 Å². The number of benzene rings is 2. The minimum absolute atomic E-state index is 0.0669. The predicted molar refractivity (Wildman–Crippen MR) is 78.3 cm³/mol. The monoisotopic (exact) mass is 305 g/mol. The number of halogens is 1. The van der Waals surface area contributed by atoms with Gasteiger partial charge in [-0.05, 0) is 23.8 Å². The fourth-order valence-electron chi connectivity index (χ4n) is 2.01. The summed E-state index contributed by atoms with van der Waals surface area (Å²) < 4.78 is 24.0. The Kier molecular flexibility index (Phi) is 4.95. The number of carbonyl (C=O) groups is 1. The fraction of sp³-hybridized carbons (Fsp3) is 0.188. The average Bonchev–Trinajstić information content (AvgIpc) is 2.51. The first kappa shape index (κ1) is 15.8. The maximum atomic E-state index is 13.2. The van der Waals surface area contributed by atoms with Crippen LogP contribution in [0.15, 0.2) is 42.5 Å². The van der Waals surface area contributed by atoms with E-state index in [-0.39, 0.29) is 18.2 Å². The Morgan fingerprint density at radius 2 is 2.05 bits per heavy atom. The van der Waals surface area contributed by atoms with Gasteiger partial charge in [-0.25, -0.2) is 4.39 Å². The molecule has 0 aliphatic rings. The summed E-state index contributed by atoms with van der Waals surface area (Å²) in [5.41, 5.74) is 6.57. The molecule has 0 aliphatic carbocycles. The number of aliphatic carboxylic acids is 1. The maximum Gasteiger partial charge on any atom is 0.325 e. The van der Waals surface area contributed by atoms with E-state index in [1.165, 1.54) is 19.2 Å². The van der Waals surface area contributed by atoms with Crippen LogP contribution in [0.2, 0.25) is 0 Å². The quantitative estimate of drug-likeness (QED) is 0.857. The van der Waals surface area contributed by atoms with E-state index < -0.39 is 12.0 Å². The van der Waals surface area contributed by atoms with E-state index in [2.05, 4.69) is 0 Å². The highest BCUT2D eigenvalue weighted by Gasteiger charge is 2.21. The van der Waals surface area contributed by atoms with Gasteiger partial charge >= 0.3 is 5.97 Å². The third kappa shape index (κ3) is 3.53. The van der Waals surface area contributed by atoms with E-state index in [0.29, 0.717) is 16.9 Å². The number of nitrogens with two attached hydrogens (primary N) is 1. The van der Waals surface area contributed by atoms with Crippen LogP contribution >= 0.6 is 0 Å². The van der Waals surface area contributed by atoms with Gasteiger partial charge in [0.25, 0.3) is 0 Å². The van der Waals surface area contributed by atoms with Crippen molar-refractivity contribution in [2.45, 2.75) is 12.6 Å². The summed E-state index contributed by atoms with van der Waals surface area (Å²) in [7, 11) is 1.44. The van der Waals surface area contributed by atoms with Gasteiger partial charge in [-0.3, -0.25) is 4.79 Å². The van der Waals surface area contributed by atoms with Gasteiger partial charge in [-0.2, -0.15) is 0 Å². The molecule has 0 fully saturated rings. The number of ether oxygens (including phenoxy) is 2. The molecule has 1 atom stereocenters. The lowest BCUT2D eigenvalue weighted by Gasteiger charge is -2.17. The third-order valence-corrected chi connectivity index (χ3v) is 3.10. The molecule has 0 radical (unpaired) electrons. The molecule has 0 heterocycles. The van der Waals surface area contributed by atoms with Crippen LogP contribution in [0, 0.1) is 5.82 Å². The van der Waals surface area contributed by atoms with Crippen LogP contribution in [-0.2, 0) is 11.4 Å². The van der Waals surface area contributed by atoms with Crippen molar-refractivity contribution in [3.05, 3.63) is 59.4 Å². The van der Waals surface area contributed by atoms with Crippen LogP contribution in [0.3, 0.4) is 0 Å². The van der Waals surface area contributed by atoms with Gasteiger partial charge < -0.3 is 20.3 Å². The molecule has 0 saturated carbocycles. The van der Waals surface area contributed by atoms with Crippen LogP contribution in [-0.4, -0.2) is 18.2 Å². The van der Waals surface area contributed by atoms with Gasteiger partial charge in [0.05, 0.1) is 7.11 Å². The van der Waals surface area contributed by atoms with E-state index in [1.807, 2.05) is 0 Å². The smallest absolute Gasteiger partial charge is 0.325 e. The Labute approximate surface area is 127 Å². The normalized spacial score (nSPS) is 11.8. The number of para-hydroxylation sites is 1. The molecule has 5 nitrogen and oxygen atoms in total. The molecule has 2 aromatic carbocycles. The number of rotatable bonds is 6. The second kappa shape index (κ2) is 6.91. The van der Waals surface area contributed by atoms with E-state index in [4.69, 9.17) is 20.3 Å². The Hall–Kier alpha value is -2.60. The Morgan fingerprint density at radius 3 is 2.68 bits per heavy atom. The van der Waals surface area contributed by atoms with E-state index in [9.17, 15) is 9.18 Å². The summed E-state index contributed by atoms with van der Waals surface area (Å²) in [5.74, 6) is -0.942. The molecule has 2 rings (SSSR count). The summed E-state index contributed by atoms with van der Waals surface area (Å²) in [6.07, 6.45) is 0. The van der Waals surface area contributed by atoms with Crippen LogP contribution in [0.25, 0.3) is 0 Å². The molecular weight excluding hydrogens is 289 g/mol. The Bertz CT molecular complexity index is 675. The Balaban J connectivity index is 2.30. The van der Waals surface area contributed by atoms with Crippen molar-refractivity contribution in [3.8, 4) is 11.5 Å². The summed E-state index contributed by atoms with van der Waals surface area (Å²) in [6.45, 7) is 0.0669. The summed E-state index contributed by atoms with van der Waals surface area (Å²) in [5, 5.41) is 9.07.